The minimum absolute atomic E-state index is 0.138. The Morgan fingerprint density at radius 2 is 1.83 bits per heavy atom. The highest BCUT2D eigenvalue weighted by Gasteiger charge is 2.35. The third kappa shape index (κ3) is 3.42. The summed E-state index contributed by atoms with van der Waals surface area (Å²) in [4.78, 5) is 26.7. The van der Waals surface area contributed by atoms with E-state index in [9.17, 15) is 9.59 Å². The maximum absolute atomic E-state index is 12.6. The van der Waals surface area contributed by atoms with Gasteiger partial charge in [0.1, 0.15) is 6.04 Å². The normalized spacial score (nSPS) is 16.5. The molecule has 1 N–H and O–H groups in total. The maximum Gasteiger partial charge on any atom is 0.255 e. The Balaban J connectivity index is 1.71. The fourth-order valence-electron chi connectivity index (χ4n) is 2.46. The Morgan fingerprint density at radius 1 is 1.12 bits per heavy atom. The molecule has 0 aromatic heterocycles. The minimum atomic E-state index is -0.502. The van der Waals surface area contributed by atoms with Gasteiger partial charge in [-0.3, -0.25) is 9.59 Å². The van der Waals surface area contributed by atoms with Crippen molar-refractivity contribution in [3.63, 3.8) is 0 Å². The summed E-state index contributed by atoms with van der Waals surface area (Å²) in [6.45, 7) is 0. The van der Waals surface area contributed by atoms with Crippen LogP contribution in [-0.2, 0) is 4.79 Å². The molecule has 1 fully saturated rings. The standard InChI is InChI=1S/C18H15N3O2S/c19-10-13-6-8-15(9-7-13)20-17(22)16-11-24-12-21(16)18(23)14-4-2-1-3-5-14/h1-9,16H,11-12H2,(H,20,22)/t16-/m1/s1. The minimum Gasteiger partial charge on any atom is -0.324 e. The molecular formula is C18H15N3O2S. The molecule has 0 radical (unpaired) electrons. The molecule has 0 unspecified atom stereocenters. The van der Waals surface area contributed by atoms with Crippen LogP contribution in [0.4, 0.5) is 5.69 Å². The molecule has 2 amide bonds. The van der Waals surface area contributed by atoms with Crippen molar-refractivity contribution in [2.24, 2.45) is 0 Å². The third-order valence-corrected chi connectivity index (χ3v) is 4.76. The highest BCUT2D eigenvalue weighted by Crippen LogP contribution is 2.24. The van der Waals surface area contributed by atoms with Crippen molar-refractivity contribution in [3.05, 3.63) is 65.7 Å². The molecule has 5 nitrogen and oxygen atoms in total. The molecule has 2 aromatic rings. The van der Waals surface area contributed by atoms with E-state index in [1.807, 2.05) is 24.3 Å². The van der Waals surface area contributed by atoms with Gasteiger partial charge < -0.3 is 10.2 Å². The summed E-state index contributed by atoms with van der Waals surface area (Å²) >= 11 is 1.56. The van der Waals surface area contributed by atoms with Gasteiger partial charge in [-0.05, 0) is 36.4 Å². The largest absolute Gasteiger partial charge is 0.324 e. The summed E-state index contributed by atoms with van der Waals surface area (Å²) in [5.74, 6) is 0.717. The quantitative estimate of drug-likeness (QED) is 0.934. The monoisotopic (exact) mass is 337 g/mol. The predicted octanol–water partition coefficient (Wildman–Crippen LogP) is 2.71. The van der Waals surface area contributed by atoms with Crippen molar-refractivity contribution in [1.82, 2.24) is 4.90 Å². The van der Waals surface area contributed by atoms with E-state index in [0.717, 1.165) is 0 Å². The van der Waals surface area contributed by atoms with Gasteiger partial charge in [0.25, 0.3) is 5.91 Å². The predicted molar refractivity (Wildman–Crippen MR) is 93.5 cm³/mol. The van der Waals surface area contributed by atoms with E-state index in [4.69, 9.17) is 5.26 Å². The first-order chi connectivity index (χ1) is 11.7. The van der Waals surface area contributed by atoms with Gasteiger partial charge in [0.2, 0.25) is 5.91 Å². The lowest BCUT2D eigenvalue weighted by molar-refractivity contribution is -0.119. The van der Waals surface area contributed by atoms with Gasteiger partial charge in [-0.1, -0.05) is 18.2 Å². The lowest BCUT2D eigenvalue weighted by Gasteiger charge is -2.23. The average molecular weight is 337 g/mol. The molecule has 24 heavy (non-hydrogen) atoms. The van der Waals surface area contributed by atoms with Crippen LogP contribution >= 0.6 is 11.8 Å². The molecule has 0 saturated carbocycles. The van der Waals surface area contributed by atoms with Crippen LogP contribution < -0.4 is 5.32 Å². The van der Waals surface area contributed by atoms with Crippen LogP contribution in [0.5, 0.6) is 0 Å². The molecule has 1 aliphatic rings. The lowest BCUT2D eigenvalue weighted by Crippen LogP contribution is -2.44. The number of thioether (sulfide) groups is 1. The second-order valence-corrected chi connectivity index (χ2v) is 6.33. The van der Waals surface area contributed by atoms with Crippen LogP contribution in [0.1, 0.15) is 15.9 Å². The average Bonchev–Trinajstić information content (AvgIpc) is 3.12. The third-order valence-electron chi connectivity index (χ3n) is 3.75. The Hall–Kier alpha value is -2.78. The first-order valence-electron chi connectivity index (χ1n) is 7.44. The summed E-state index contributed by atoms with van der Waals surface area (Å²) in [5.41, 5.74) is 1.73. The molecule has 0 bridgehead atoms. The number of nitrogens with one attached hydrogen (secondary N) is 1. The van der Waals surface area contributed by atoms with E-state index in [1.54, 1.807) is 53.1 Å². The summed E-state index contributed by atoms with van der Waals surface area (Å²) in [5, 5.41) is 11.6. The molecular weight excluding hydrogens is 322 g/mol. The maximum atomic E-state index is 12.6. The highest BCUT2D eigenvalue weighted by atomic mass is 32.2. The van der Waals surface area contributed by atoms with Crippen LogP contribution in [-0.4, -0.2) is 34.4 Å². The fourth-order valence-corrected chi connectivity index (χ4v) is 3.61. The first kappa shape index (κ1) is 16.1. The Kier molecular flexibility index (Phi) is 4.82. The van der Waals surface area contributed by atoms with Gasteiger partial charge in [0.15, 0.2) is 0 Å². The Morgan fingerprint density at radius 3 is 2.50 bits per heavy atom. The van der Waals surface area contributed by atoms with E-state index in [-0.39, 0.29) is 11.8 Å². The number of amides is 2. The van der Waals surface area contributed by atoms with Gasteiger partial charge in [-0.25, -0.2) is 0 Å². The van der Waals surface area contributed by atoms with Gasteiger partial charge in [0.05, 0.1) is 17.5 Å². The summed E-state index contributed by atoms with van der Waals surface area (Å²) in [6.07, 6.45) is 0. The van der Waals surface area contributed by atoms with Crippen molar-refractivity contribution in [1.29, 1.82) is 5.26 Å². The fraction of sp³-hybridized carbons (Fsp3) is 0.167. The number of carbonyl (C=O) groups excluding carboxylic acids is 2. The van der Waals surface area contributed by atoms with Crippen LogP contribution in [0.3, 0.4) is 0 Å². The molecule has 1 aliphatic heterocycles. The zero-order valence-electron chi connectivity index (χ0n) is 12.8. The topological polar surface area (TPSA) is 73.2 Å². The molecule has 6 heteroatoms. The van der Waals surface area contributed by atoms with Crippen molar-refractivity contribution < 1.29 is 9.59 Å². The van der Waals surface area contributed by atoms with Gasteiger partial charge in [-0.2, -0.15) is 5.26 Å². The molecule has 1 atom stereocenters. The number of anilines is 1. The highest BCUT2D eigenvalue weighted by molar-refractivity contribution is 7.99. The molecule has 1 heterocycles. The number of nitrogens with zero attached hydrogens (tertiary/aromatic N) is 2. The summed E-state index contributed by atoms with van der Waals surface area (Å²) in [7, 11) is 0. The second-order valence-electron chi connectivity index (χ2n) is 5.34. The Bertz CT molecular complexity index is 784. The molecule has 3 rings (SSSR count). The zero-order valence-corrected chi connectivity index (χ0v) is 13.6. The number of rotatable bonds is 3. The SMILES string of the molecule is N#Cc1ccc(NC(=O)[C@H]2CSCN2C(=O)c2ccccc2)cc1. The summed E-state index contributed by atoms with van der Waals surface area (Å²) < 4.78 is 0. The number of benzene rings is 2. The number of hydrogen-bond acceptors (Lipinski definition) is 4. The number of hydrogen-bond donors (Lipinski definition) is 1. The molecule has 1 saturated heterocycles. The van der Waals surface area contributed by atoms with E-state index in [0.29, 0.717) is 28.4 Å². The van der Waals surface area contributed by atoms with E-state index < -0.39 is 6.04 Å². The molecule has 0 spiro atoms. The second kappa shape index (κ2) is 7.20. The molecule has 2 aromatic carbocycles. The van der Waals surface area contributed by atoms with Gasteiger partial charge in [-0.15, -0.1) is 11.8 Å². The molecule has 0 aliphatic carbocycles. The number of carbonyl (C=O) groups is 2. The van der Waals surface area contributed by atoms with E-state index in [2.05, 4.69) is 5.32 Å². The molecule has 120 valence electrons. The lowest BCUT2D eigenvalue weighted by atomic mass is 10.1. The van der Waals surface area contributed by atoms with Crippen LogP contribution in [0.15, 0.2) is 54.6 Å². The number of nitriles is 1. The Labute approximate surface area is 144 Å². The van der Waals surface area contributed by atoms with Crippen molar-refractivity contribution in [2.75, 3.05) is 16.9 Å². The van der Waals surface area contributed by atoms with Crippen molar-refractivity contribution in [3.8, 4) is 6.07 Å². The zero-order chi connectivity index (χ0) is 16.9. The van der Waals surface area contributed by atoms with Crippen LogP contribution in [0, 0.1) is 11.3 Å². The van der Waals surface area contributed by atoms with Crippen molar-refractivity contribution in [2.45, 2.75) is 6.04 Å². The van der Waals surface area contributed by atoms with Gasteiger partial charge in [0, 0.05) is 17.0 Å². The first-order valence-corrected chi connectivity index (χ1v) is 8.59. The van der Waals surface area contributed by atoms with E-state index >= 15 is 0 Å². The smallest absolute Gasteiger partial charge is 0.255 e. The van der Waals surface area contributed by atoms with Gasteiger partial charge >= 0.3 is 0 Å². The summed E-state index contributed by atoms with van der Waals surface area (Å²) in [6, 6.07) is 17.2. The van der Waals surface area contributed by atoms with Crippen LogP contribution in [0.25, 0.3) is 0 Å². The van der Waals surface area contributed by atoms with Crippen molar-refractivity contribution >= 4 is 29.3 Å². The van der Waals surface area contributed by atoms with Crippen LogP contribution in [0.2, 0.25) is 0 Å². The van der Waals surface area contributed by atoms with E-state index in [1.165, 1.54) is 0 Å².